The molecule has 3 rings (SSSR count). The zero-order chi connectivity index (χ0) is 24.5. The molecule has 0 aliphatic heterocycles. The Kier molecular flexibility index (Phi) is 8.40. The maximum atomic E-state index is 13.2. The average molecular weight is 462 g/mol. The number of nitrogens with zero attached hydrogens (tertiary/aromatic N) is 1. The second-order valence-electron chi connectivity index (χ2n) is 7.27. The van der Waals surface area contributed by atoms with Crippen molar-refractivity contribution in [2.75, 3.05) is 31.8 Å². The molecule has 0 atom stereocenters. The predicted molar refractivity (Wildman–Crippen MR) is 129 cm³/mol. The lowest BCUT2D eigenvalue weighted by atomic mass is 9.98. The van der Waals surface area contributed by atoms with Crippen molar-refractivity contribution in [2.24, 2.45) is 0 Å². The zero-order valence-corrected chi connectivity index (χ0v) is 19.4. The van der Waals surface area contributed by atoms with Gasteiger partial charge in [0.15, 0.2) is 23.9 Å². The van der Waals surface area contributed by atoms with Gasteiger partial charge in [-0.25, -0.2) is 4.79 Å². The van der Waals surface area contributed by atoms with E-state index in [-0.39, 0.29) is 16.9 Å². The minimum absolute atomic E-state index is 0.0782. The third-order valence-corrected chi connectivity index (χ3v) is 5.04. The highest BCUT2D eigenvalue weighted by molar-refractivity contribution is 6.14. The van der Waals surface area contributed by atoms with E-state index in [1.54, 1.807) is 55.6 Å². The van der Waals surface area contributed by atoms with E-state index in [1.165, 1.54) is 11.0 Å². The first-order valence-electron chi connectivity index (χ1n) is 11.0. The first-order valence-corrected chi connectivity index (χ1v) is 11.0. The maximum absolute atomic E-state index is 13.2. The van der Waals surface area contributed by atoms with E-state index in [0.29, 0.717) is 36.0 Å². The van der Waals surface area contributed by atoms with Gasteiger partial charge in [-0.15, -0.1) is 0 Å². The smallest absolute Gasteiger partial charge is 0.339 e. The number of amides is 1. The number of carbonyl (C=O) groups is 3. The number of rotatable bonds is 10. The molecule has 0 saturated heterocycles. The van der Waals surface area contributed by atoms with Gasteiger partial charge in [-0.05, 0) is 50.2 Å². The molecule has 0 fully saturated rings. The molecule has 176 valence electrons. The van der Waals surface area contributed by atoms with Gasteiger partial charge in [0, 0.05) is 23.9 Å². The van der Waals surface area contributed by atoms with Gasteiger partial charge < -0.3 is 19.1 Å². The number of anilines is 1. The number of esters is 1. The summed E-state index contributed by atoms with van der Waals surface area (Å²) in [5.74, 6) is -0.533. The van der Waals surface area contributed by atoms with Crippen molar-refractivity contribution in [3.05, 3.63) is 89.5 Å². The molecule has 0 aliphatic carbocycles. The third kappa shape index (κ3) is 5.81. The molecule has 0 radical (unpaired) electrons. The van der Waals surface area contributed by atoms with Crippen LogP contribution in [0.3, 0.4) is 0 Å². The number of hydrogen-bond acceptors (Lipinski definition) is 6. The Labute approximate surface area is 198 Å². The largest absolute Gasteiger partial charge is 0.490 e. The molecule has 0 heterocycles. The SMILES string of the molecule is CCOc1ccc(C(=O)c2ccccc2C(=O)OCC(=O)N(C)c2ccccc2)cc1OCC. The van der Waals surface area contributed by atoms with Crippen molar-refractivity contribution >= 4 is 23.3 Å². The molecular formula is C27H27NO6. The summed E-state index contributed by atoms with van der Waals surface area (Å²) in [5.41, 5.74) is 1.27. The maximum Gasteiger partial charge on any atom is 0.339 e. The first kappa shape index (κ1) is 24.5. The summed E-state index contributed by atoms with van der Waals surface area (Å²) < 4.78 is 16.4. The van der Waals surface area contributed by atoms with Gasteiger partial charge in [-0.3, -0.25) is 9.59 Å². The van der Waals surface area contributed by atoms with E-state index in [2.05, 4.69) is 0 Å². The fraction of sp³-hybridized carbons (Fsp3) is 0.222. The topological polar surface area (TPSA) is 82.1 Å². The number of likely N-dealkylation sites (N-methyl/N-ethyl adjacent to an activating group) is 1. The second kappa shape index (κ2) is 11.7. The summed E-state index contributed by atoms with van der Waals surface area (Å²) in [6, 6.07) is 20.3. The summed E-state index contributed by atoms with van der Waals surface area (Å²) in [6.07, 6.45) is 0. The number of para-hydroxylation sites is 1. The molecule has 7 heteroatoms. The standard InChI is InChI=1S/C27H27NO6/c1-4-32-23-16-15-19(17-24(23)33-5-2)26(30)21-13-9-10-14-22(21)27(31)34-18-25(29)28(3)20-11-7-6-8-12-20/h6-17H,4-5,18H2,1-3H3. The van der Waals surface area contributed by atoms with Gasteiger partial charge in [0.05, 0.1) is 18.8 Å². The minimum Gasteiger partial charge on any atom is -0.490 e. The molecule has 0 unspecified atom stereocenters. The fourth-order valence-electron chi connectivity index (χ4n) is 3.30. The van der Waals surface area contributed by atoms with Crippen molar-refractivity contribution in [3.8, 4) is 11.5 Å². The lowest BCUT2D eigenvalue weighted by Crippen LogP contribution is -2.31. The van der Waals surface area contributed by atoms with E-state index >= 15 is 0 Å². The van der Waals surface area contributed by atoms with Crippen LogP contribution in [-0.2, 0) is 9.53 Å². The van der Waals surface area contributed by atoms with Crippen LogP contribution in [0, 0.1) is 0 Å². The molecule has 0 N–H and O–H groups in total. The van der Waals surface area contributed by atoms with Crippen LogP contribution in [0.4, 0.5) is 5.69 Å². The van der Waals surface area contributed by atoms with Crippen molar-refractivity contribution in [1.82, 2.24) is 0 Å². The fourth-order valence-corrected chi connectivity index (χ4v) is 3.30. The van der Waals surface area contributed by atoms with Gasteiger partial charge in [-0.1, -0.05) is 36.4 Å². The molecule has 0 aromatic heterocycles. The van der Waals surface area contributed by atoms with Gasteiger partial charge in [0.1, 0.15) is 0 Å². The predicted octanol–water partition coefficient (Wildman–Crippen LogP) is 4.53. The summed E-state index contributed by atoms with van der Waals surface area (Å²) >= 11 is 0. The van der Waals surface area contributed by atoms with Gasteiger partial charge in [-0.2, -0.15) is 0 Å². The number of carbonyl (C=O) groups excluding carboxylic acids is 3. The molecule has 0 bridgehead atoms. The summed E-state index contributed by atoms with van der Waals surface area (Å²) in [6.45, 7) is 4.11. The van der Waals surface area contributed by atoms with E-state index in [9.17, 15) is 14.4 Å². The Morgan fingerprint density at radius 3 is 2.06 bits per heavy atom. The highest BCUT2D eigenvalue weighted by Crippen LogP contribution is 2.30. The quantitative estimate of drug-likeness (QED) is 0.326. The van der Waals surface area contributed by atoms with Crippen LogP contribution in [0.1, 0.15) is 40.1 Å². The lowest BCUT2D eigenvalue weighted by Gasteiger charge is -2.17. The average Bonchev–Trinajstić information content (AvgIpc) is 2.88. The van der Waals surface area contributed by atoms with Crippen LogP contribution in [0.5, 0.6) is 11.5 Å². The van der Waals surface area contributed by atoms with E-state index in [0.717, 1.165) is 0 Å². The number of ether oxygens (including phenoxy) is 3. The van der Waals surface area contributed by atoms with Crippen LogP contribution in [0.15, 0.2) is 72.8 Å². The molecule has 0 aliphatic rings. The Bertz CT molecular complexity index is 1160. The Morgan fingerprint density at radius 1 is 0.765 bits per heavy atom. The van der Waals surface area contributed by atoms with Gasteiger partial charge >= 0.3 is 5.97 Å². The van der Waals surface area contributed by atoms with Gasteiger partial charge in [0.2, 0.25) is 0 Å². The molecule has 3 aromatic rings. The number of hydrogen-bond donors (Lipinski definition) is 0. The van der Waals surface area contributed by atoms with Crippen LogP contribution < -0.4 is 14.4 Å². The third-order valence-electron chi connectivity index (χ3n) is 5.04. The molecule has 0 spiro atoms. The number of benzene rings is 3. The Hall–Kier alpha value is -4.13. The van der Waals surface area contributed by atoms with E-state index in [1.807, 2.05) is 32.0 Å². The molecule has 34 heavy (non-hydrogen) atoms. The van der Waals surface area contributed by atoms with Crippen molar-refractivity contribution in [3.63, 3.8) is 0 Å². The highest BCUT2D eigenvalue weighted by Gasteiger charge is 2.22. The number of ketones is 1. The van der Waals surface area contributed by atoms with E-state index in [4.69, 9.17) is 14.2 Å². The van der Waals surface area contributed by atoms with E-state index < -0.39 is 18.5 Å². The first-order chi connectivity index (χ1) is 16.5. The minimum atomic E-state index is -0.755. The summed E-state index contributed by atoms with van der Waals surface area (Å²) in [7, 11) is 1.60. The van der Waals surface area contributed by atoms with Crippen molar-refractivity contribution in [1.29, 1.82) is 0 Å². The normalized spacial score (nSPS) is 10.3. The summed E-state index contributed by atoms with van der Waals surface area (Å²) in [5, 5.41) is 0. The van der Waals surface area contributed by atoms with Crippen LogP contribution in [-0.4, -0.2) is 44.5 Å². The Morgan fingerprint density at radius 2 is 1.38 bits per heavy atom. The molecule has 0 saturated carbocycles. The molecule has 3 aromatic carbocycles. The van der Waals surface area contributed by atoms with Crippen molar-refractivity contribution < 1.29 is 28.6 Å². The molecule has 1 amide bonds. The monoisotopic (exact) mass is 461 g/mol. The zero-order valence-electron chi connectivity index (χ0n) is 19.4. The van der Waals surface area contributed by atoms with Crippen LogP contribution in [0.2, 0.25) is 0 Å². The molecular weight excluding hydrogens is 434 g/mol. The van der Waals surface area contributed by atoms with Crippen LogP contribution in [0.25, 0.3) is 0 Å². The molecule has 7 nitrogen and oxygen atoms in total. The Balaban J connectivity index is 1.77. The second-order valence-corrected chi connectivity index (χ2v) is 7.27. The summed E-state index contributed by atoms with van der Waals surface area (Å²) in [4.78, 5) is 39.9. The van der Waals surface area contributed by atoms with Crippen molar-refractivity contribution in [2.45, 2.75) is 13.8 Å². The lowest BCUT2D eigenvalue weighted by molar-refractivity contribution is -0.121. The van der Waals surface area contributed by atoms with Crippen LogP contribution >= 0.6 is 0 Å². The highest BCUT2D eigenvalue weighted by atomic mass is 16.5. The van der Waals surface area contributed by atoms with Gasteiger partial charge in [0.25, 0.3) is 5.91 Å².